The lowest BCUT2D eigenvalue weighted by Crippen LogP contribution is -2.26. The van der Waals surface area contributed by atoms with Gasteiger partial charge in [-0.1, -0.05) is 36.8 Å². The van der Waals surface area contributed by atoms with Gasteiger partial charge in [-0.05, 0) is 55.8 Å². The van der Waals surface area contributed by atoms with Crippen molar-refractivity contribution in [1.29, 1.82) is 0 Å². The molecule has 0 spiro atoms. The normalized spacial score (nSPS) is 15.1. The standard InChI is InChI=1S/C25H28N2O/c1-5-25(28)20-8-6-7-19(14-20)18(3)15-27-23-10-9-17(2)13-21(23)22-16-26(4)12-11-24(22)27/h6-10,13-15H,5,11-12,16H2,1-4H3/b18-15+. The van der Waals surface area contributed by atoms with Crippen LogP contribution in [0.25, 0.3) is 22.7 Å². The lowest BCUT2D eigenvalue weighted by Gasteiger charge is -2.23. The van der Waals surface area contributed by atoms with E-state index in [0.717, 1.165) is 30.6 Å². The molecule has 3 aromatic rings. The summed E-state index contributed by atoms with van der Waals surface area (Å²) in [4.78, 5) is 14.5. The van der Waals surface area contributed by atoms with E-state index < -0.39 is 0 Å². The smallest absolute Gasteiger partial charge is 0.162 e. The van der Waals surface area contributed by atoms with Crippen LogP contribution in [0, 0.1) is 6.92 Å². The van der Waals surface area contributed by atoms with Crippen molar-refractivity contribution >= 4 is 28.5 Å². The molecule has 3 heteroatoms. The van der Waals surface area contributed by atoms with Crippen LogP contribution >= 0.6 is 0 Å². The van der Waals surface area contributed by atoms with Crippen LogP contribution in [-0.2, 0) is 13.0 Å². The summed E-state index contributed by atoms with van der Waals surface area (Å²) in [5.74, 6) is 0.192. The zero-order chi connectivity index (χ0) is 19.8. The summed E-state index contributed by atoms with van der Waals surface area (Å²) in [6, 6.07) is 14.8. The first kappa shape index (κ1) is 18.7. The minimum Gasteiger partial charge on any atom is -0.320 e. The number of nitrogens with zero attached hydrogens (tertiary/aromatic N) is 2. The topological polar surface area (TPSA) is 25.2 Å². The second-order valence-electron chi connectivity index (χ2n) is 7.97. The molecule has 2 aromatic carbocycles. The van der Waals surface area contributed by atoms with E-state index in [9.17, 15) is 4.79 Å². The van der Waals surface area contributed by atoms with Gasteiger partial charge in [0.2, 0.25) is 0 Å². The Bertz CT molecular complexity index is 1090. The Kier molecular flexibility index (Phi) is 4.94. The van der Waals surface area contributed by atoms with Crippen molar-refractivity contribution in [1.82, 2.24) is 9.47 Å². The van der Waals surface area contributed by atoms with Crippen LogP contribution in [0.2, 0.25) is 0 Å². The number of aryl methyl sites for hydroxylation is 1. The molecule has 0 saturated heterocycles. The van der Waals surface area contributed by atoms with Crippen LogP contribution in [0.3, 0.4) is 0 Å². The molecule has 144 valence electrons. The van der Waals surface area contributed by atoms with Gasteiger partial charge in [-0.2, -0.15) is 0 Å². The fourth-order valence-electron chi connectivity index (χ4n) is 4.20. The number of allylic oxidation sites excluding steroid dienone is 1. The maximum atomic E-state index is 12.1. The molecule has 0 atom stereocenters. The van der Waals surface area contributed by atoms with Gasteiger partial charge in [-0.15, -0.1) is 0 Å². The van der Waals surface area contributed by atoms with Gasteiger partial charge in [0.1, 0.15) is 0 Å². The molecule has 0 fully saturated rings. The molecule has 1 aliphatic rings. The van der Waals surface area contributed by atoms with Gasteiger partial charge in [0.05, 0.1) is 5.52 Å². The van der Waals surface area contributed by atoms with Gasteiger partial charge < -0.3 is 9.47 Å². The van der Waals surface area contributed by atoms with E-state index in [4.69, 9.17) is 0 Å². The summed E-state index contributed by atoms with van der Waals surface area (Å²) in [6.07, 6.45) is 3.84. The second-order valence-corrected chi connectivity index (χ2v) is 7.97. The first-order chi connectivity index (χ1) is 13.5. The van der Waals surface area contributed by atoms with Gasteiger partial charge in [-0.3, -0.25) is 4.79 Å². The number of benzene rings is 2. The molecule has 0 radical (unpaired) electrons. The van der Waals surface area contributed by atoms with Crippen LogP contribution in [0.5, 0.6) is 0 Å². The first-order valence-electron chi connectivity index (χ1n) is 10.1. The predicted molar refractivity (Wildman–Crippen MR) is 118 cm³/mol. The average molecular weight is 373 g/mol. The summed E-state index contributed by atoms with van der Waals surface area (Å²) in [7, 11) is 2.19. The fourth-order valence-corrected chi connectivity index (χ4v) is 4.20. The van der Waals surface area contributed by atoms with Crippen molar-refractivity contribution in [2.75, 3.05) is 13.6 Å². The van der Waals surface area contributed by atoms with Crippen molar-refractivity contribution in [3.05, 3.63) is 70.4 Å². The monoisotopic (exact) mass is 372 g/mol. The van der Waals surface area contributed by atoms with Crippen molar-refractivity contribution in [2.45, 2.75) is 40.2 Å². The second kappa shape index (κ2) is 7.40. The lowest BCUT2D eigenvalue weighted by atomic mass is 10.0. The Morgan fingerprint density at radius 3 is 2.71 bits per heavy atom. The highest BCUT2D eigenvalue weighted by Gasteiger charge is 2.21. The Morgan fingerprint density at radius 2 is 1.93 bits per heavy atom. The van der Waals surface area contributed by atoms with E-state index in [1.165, 1.54) is 33.3 Å². The third-order valence-corrected chi connectivity index (χ3v) is 5.82. The predicted octanol–water partition coefficient (Wildman–Crippen LogP) is 5.55. The third-order valence-electron chi connectivity index (χ3n) is 5.82. The van der Waals surface area contributed by atoms with Crippen molar-refractivity contribution in [2.24, 2.45) is 0 Å². The number of rotatable bonds is 4. The number of carbonyl (C=O) groups excluding carboxylic acids is 1. The molecule has 0 saturated carbocycles. The molecule has 0 unspecified atom stereocenters. The van der Waals surface area contributed by atoms with E-state index in [-0.39, 0.29) is 5.78 Å². The van der Waals surface area contributed by atoms with Crippen molar-refractivity contribution < 1.29 is 4.79 Å². The summed E-state index contributed by atoms with van der Waals surface area (Å²) >= 11 is 0. The SMILES string of the molecule is CCC(=O)c1cccc(/C(C)=C/n2c3c(c4cc(C)ccc42)CN(C)CC3)c1. The van der Waals surface area contributed by atoms with Gasteiger partial charge in [0, 0.05) is 48.8 Å². The van der Waals surface area contributed by atoms with E-state index in [1.54, 1.807) is 0 Å². The Hall–Kier alpha value is -2.65. The maximum Gasteiger partial charge on any atom is 0.162 e. The quantitative estimate of drug-likeness (QED) is 0.561. The first-order valence-corrected chi connectivity index (χ1v) is 10.1. The molecule has 1 aliphatic heterocycles. The highest BCUT2D eigenvalue weighted by molar-refractivity contribution is 5.97. The third kappa shape index (κ3) is 3.31. The molecule has 0 aliphatic carbocycles. The van der Waals surface area contributed by atoms with Crippen LogP contribution < -0.4 is 0 Å². The molecule has 0 N–H and O–H groups in total. The van der Waals surface area contributed by atoms with Gasteiger partial charge >= 0.3 is 0 Å². The van der Waals surface area contributed by atoms with Gasteiger partial charge in [-0.25, -0.2) is 0 Å². The molecule has 3 nitrogen and oxygen atoms in total. The average Bonchev–Trinajstić information content (AvgIpc) is 2.99. The Balaban J connectivity index is 1.85. The number of carbonyl (C=O) groups is 1. The summed E-state index contributed by atoms with van der Waals surface area (Å²) in [5, 5.41) is 1.36. The number of likely N-dealkylation sites (N-methyl/N-ethyl adjacent to an activating group) is 1. The van der Waals surface area contributed by atoms with Crippen molar-refractivity contribution in [3.8, 4) is 0 Å². The molecule has 0 bridgehead atoms. The Morgan fingerprint density at radius 1 is 1.14 bits per heavy atom. The van der Waals surface area contributed by atoms with E-state index in [1.807, 2.05) is 25.1 Å². The molecule has 1 aromatic heterocycles. The lowest BCUT2D eigenvalue weighted by molar-refractivity contribution is 0.0988. The van der Waals surface area contributed by atoms with Crippen LogP contribution in [0.15, 0.2) is 42.5 Å². The zero-order valence-electron chi connectivity index (χ0n) is 17.2. The van der Waals surface area contributed by atoms with Gasteiger partial charge in [0.15, 0.2) is 5.78 Å². The van der Waals surface area contributed by atoms with Crippen LogP contribution in [-0.4, -0.2) is 28.8 Å². The fraction of sp³-hybridized carbons (Fsp3) is 0.320. The minimum atomic E-state index is 0.192. The molecular formula is C25H28N2O. The highest BCUT2D eigenvalue weighted by Crippen LogP contribution is 2.32. The largest absolute Gasteiger partial charge is 0.320 e. The molecular weight excluding hydrogens is 344 g/mol. The molecule has 28 heavy (non-hydrogen) atoms. The zero-order valence-corrected chi connectivity index (χ0v) is 17.2. The summed E-state index contributed by atoms with van der Waals surface area (Å²) < 4.78 is 2.38. The van der Waals surface area contributed by atoms with E-state index >= 15 is 0 Å². The summed E-state index contributed by atoms with van der Waals surface area (Å²) in [5.41, 5.74) is 8.51. The minimum absolute atomic E-state index is 0.192. The number of aromatic nitrogens is 1. The number of fused-ring (bicyclic) bond motifs is 3. The maximum absolute atomic E-state index is 12.1. The highest BCUT2D eigenvalue weighted by atomic mass is 16.1. The van der Waals surface area contributed by atoms with Crippen molar-refractivity contribution in [3.63, 3.8) is 0 Å². The summed E-state index contributed by atoms with van der Waals surface area (Å²) in [6.45, 7) is 8.28. The van der Waals surface area contributed by atoms with Crippen LogP contribution in [0.1, 0.15) is 53.0 Å². The number of hydrogen-bond acceptors (Lipinski definition) is 2. The van der Waals surface area contributed by atoms with E-state index in [0.29, 0.717) is 6.42 Å². The molecule has 0 amide bonds. The number of Topliss-reactive ketones (excluding diaryl/α,β-unsaturated/α-hetero) is 1. The van der Waals surface area contributed by atoms with Gasteiger partial charge in [0.25, 0.3) is 0 Å². The number of hydrogen-bond donors (Lipinski definition) is 0. The van der Waals surface area contributed by atoms with Crippen LogP contribution in [0.4, 0.5) is 0 Å². The van der Waals surface area contributed by atoms with E-state index in [2.05, 4.69) is 60.8 Å². The molecule has 4 rings (SSSR count). The number of ketones is 1. The molecule has 2 heterocycles. The Labute approximate surface area is 167 Å².